The van der Waals surface area contributed by atoms with Gasteiger partial charge in [0.25, 0.3) is 0 Å². The predicted octanol–water partition coefficient (Wildman–Crippen LogP) is 2.42. The summed E-state index contributed by atoms with van der Waals surface area (Å²) in [7, 11) is 0. The molecule has 1 atom stereocenters. The van der Waals surface area contributed by atoms with Crippen LogP contribution in [-0.2, 0) is 17.6 Å². The van der Waals surface area contributed by atoms with E-state index in [-0.39, 0.29) is 0 Å². The van der Waals surface area contributed by atoms with Gasteiger partial charge in [-0.2, -0.15) is 4.98 Å². The fraction of sp³-hybridized carbons (Fsp3) is 0.500. The first kappa shape index (κ1) is 10.9. The van der Waals surface area contributed by atoms with E-state index in [1.165, 1.54) is 4.88 Å². The number of rotatable bonds is 4. The highest BCUT2D eigenvalue weighted by atomic mass is 32.1. The van der Waals surface area contributed by atoms with E-state index in [0.717, 1.165) is 44.2 Å². The standard InChI is InChI=1S/C12H14N2O2S/c1-2-10(17-7-1)3-4-11-13-12(14-16-11)9-5-6-15-8-9/h1-2,7,9H,3-6,8H2. The lowest BCUT2D eigenvalue weighted by atomic mass is 10.1. The molecule has 0 bridgehead atoms. The molecule has 5 heteroatoms. The Morgan fingerprint density at radius 1 is 1.41 bits per heavy atom. The zero-order valence-corrected chi connectivity index (χ0v) is 10.3. The summed E-state index contributed by atoms with van der Waals surface area (Å²) in [6, 6.07) is 4.20. The third-order valence-corrected chi connectivity index (χ3v) is 3.88. The van der Waals surface area contributed by atoms with Crippen molar-refractivity contribution >= 4 is 11.3 Å². The number of aromatic nitrogens is 2. The molecule has 1 aliphatic rings. The van der Waals surface area contributed by atoms with Crippen LogP contribution in [0, 0.1) is 0 Å². The van der Waals surface area contributed by atoms with Crippen LogP contribution in [-0.4, -0.2) is 23.4 Å². The van der Waals surface area contributed by atoms with Gasteiger partial charge in [-0.05, 0) is 24.3 Å². The molecular formula is C12H14N2O2S. The molecule has 0 saturated carbocycles. The highest BCUT2D eigenvalue weighted by Gasteiger charge is 2.22. The van der Waals surface area contributed by atoms with Gasteiger partial charge in [0.15, 0.2) is 5.82 Å². The van der Waals surface area contributed by atoms with Crippen LogP contribution in [0.5, 0.6) is 0 Å². The Morgan fingerprint density at radius 2 is 2.41 bits per heavy atom. The molecule has 1 saturated heterocycles. The number of hydrogen-bond acceptors (Lipinski definition) is 5. The number of aryl methyl sites for hydroxylation is 2. The molecule has 0 aromatic carbocycles. The van der Waals surface area contributed by atoms with Gasteiger partial charge in [0.1, 0.15) is 0 Å². The molecule has 0 radical (unpaired) electrons. The fourth-order valence-electron chi connectivity index (χ4n) is 1.96. The third kappa shape index (κ3) is 2.56. The zero-order valence-electron chi connectivity index (χ0n) is 9.46. The normalized spacial score (nSPS) is 19.9. The van der Waals surface area contributed by atoms with Crippen molar-refractivity contribution in [3.63, 3.8) is 0 Å². The van der Waals surface area contributed by atoms with Crippen LogP contribution in [0.1, 0.15) is 28.9 Å². The molecule has 3 rings (SSSR count). The average molecular weight is 250 g/mol. The molecule has 1 unspecified atom stereocenters. The Kier molecular flexibility index (Phi) is 3.20. The largest absolute Gasteiger partial charge is 0.381 e. The first-order valence-corrected chi connectivity index (χ1v) is 6.72. The summed E-state index contributed by atoms with van der Waals surface area (Å²) in [5.41, 5.74) is 0. The predicted molar refractivity (Wildman–Crippen MR) is 64.2 cm³/mol. The minimum absolute atomic E-state index is 0.328. The summed E-state index contributed by atoms with van der Waals surface area (Å²) in [6.45, 7) is 1.54. The first-order valence-electron chi connectivity index (χ1n) is 5.84. The second-order valence-electron chi connectivity index (χ2n) is 4.19. The van der Waals surface area contributed by atoms with Crippen LogP contribution in [0.15, 0.2) is 22.0 Å². The smallest absolute Gasteiger partial charge is 0.227 e. The molecule has 0 N–H and O–H groups in total. The van der Waals surface area contributed by atoms with Gasteiger partial charge in [0.2, 0.25) is 5.89 Å². The lowest BCUT2D eigenvalue weighted by Crippen LogP contribution is -2.00. The van der Waals surface area contributed by atoms with E-state index in [1.807, 2.05) is 0 Å². The Hall–Kier alpha value is -1.20. The molecule has 2 aromatic heterocycles. The number of hydrogen-bond donors (Lipinski definition) is 0. The van der Waals surface area contributed by atoms with Crippen molar-refractivity contribution < 1.29 is 9.26 Å². The summed E-state index contributed by atoms with van der Waals surface area (Å²) in [4.78, 5) is 5.79. The van der Waals surface area contributed by atoms with Crippen LogP contribution >= 0.6 is 11.3 Å². The average Bonchev–Trinajstić information content (AvgIpc) is 3.09. The highest BCUT2D eigenvalue weighted by Crippen LogP contribution is 2.22. The van der Waals surface area contributed by atoms with Gasteiger partial charge < -0.3 is 9.26 Å². The highest BCUT2D eigenvalue weighted by molar-refractivity contribution is 7.09. The lowest BCUT2D eigenvalue weighted by Gasteiger charge is -1.97. The van der Waals surface area contributed by atoms with E-state index in [1.54, 1.807) is 11.3 Å². The van der Waals surface area contributed by atoms with Crippen molar-refractivity contribution in [1.29, 1.82) is 0 Å². The molecule has 90 valence electrons. The van der Waals surface area contributed by atoms with Gasteiger partial charge >= 0.3 is 0 Å². The maximum atomic E-state index is 5.32. The Balaban J connectivity index is 1.60. The zero-order chi connectivity index (χ0) is 11.5. The second kappa shape index (κ2) is 4.98. The summed E-state index contributed by atoms with van der Waals surface area (Å²) >= 11 is 1.76. The molecule has 0 spiro atoms. The number of nitrogens with zero attached hydrogens (tertiary/aromatic N) is 2. The fourth-order valence-corrected chi connectivity index (χ4v) is 2.67. The van der Waals surface area contributed by atoms with Crippen molar-refractivity contribution in [2.24, 2.45) is 0 Å². The topological polar surface area (TPSA) is 48.2 Å². The van der Waals surface area contributed by atoms with Crippen LogP contribution < -0.4 is 0 Å². The molecule has 0 amide bonds. The van der Waals surface area contributed by atoms with E-state index in [9.17, 15) is 0 Å². The van der Waals surface area contributed by atoms with Gasteiger partial charge in [0.05, 0.1) is 6.61 Å². The van der Waals surface area contributed by atoms with Crippen molar-refractivity contribution in [3.05, 3.63) is 34.1 Å². The van der Waals surface area contributed by atoms with Crippen LogP contribution in [0.4, 0.5) is 0 Å². The monoisotopic (exact) mass is 250 g/mol. The van der Waals surface area contributed by atoms with Gasteiger partial charge in [-0.25, -0.2) is 0 Å². The first-order chi connectivity index (χ1) is 8.42. The molecule has 0 aliphatic carbocycles. The quantitative estimate of drug-likeness (QED) is 0.836. The van der Waals surface area contributed by atoms with Crippen molar-refractivity contribution in [2.75, 3.05) is 13.2 Å². The SMILES string of the molecule is c1csc(CCc2nc(C3CCOC3)no2)c1. The van der Waals surface area contributed by atoms with Crippen LogP contribution in [0.3, 0.4) is 0 Å². The van der Waals surface area contributed by atoms with Crippen LogP contribution in [0.25, 0.3) is 0 Å². The Morgan fingerprint density at radius 3 is 3.18 bits per heavy atom. The van der Waals surface area contributed by atoms with E-state index in [4.69, 9.17) is 9.26 Å². The summed E-state index contributed by atoms with van der Waals surface area (Å²) < 4.78 is 10.6. The molecule has 4 nitrogen and oxygen atoms in total. The minimum atomic E-state index is 0.328. The molecular weight excluding hydrogens is 236 g/mol. The van der Waals surface area contributed by atoms with E-state index < -0.39 is 0 Å². The van der Waals surface area contributed by atoms with Gasteiger partial charge in [-0.1, -0.05) is 11.2 Å². The Labute approximate surface area is 104 Å². The lowest BCUT2D eigenvalue weighted by molar-refractivity contribution is 0.192. The van der Waals surface area contributed by atoms with Gasteiger partial charge in [-0.15, -0.1) is 11.3 Å². The van der Waals surface area contributed by atoms with Crippen molar-refractivity contribution in [3.8, 4) is 0 Å². The van der Waals surface area contributed by atoms with Crippen molar-refractivity contribution in [2.45, 2.75) is 25.2 Å². The van der Waals surface area contributed by atoms with Crippen LogP contribution in [0.2, 0.25) is 0 Å². The Bertz CT molecular complexity index is 461. The summed E-state index contributed by atoms with van der Waals surface area (Å²) in [5.74, 6) is 1.87. The maximum Gasteiger partial charge on any atom is 0.227 e. The van der Waals surface area contributed by atoms with Gasteiger partial charge in [0, 0.05) is 23.8 Å². The summed E-state index contributed by atoms with van der Waals surface area (Å²) in [6.07, 6.45) is 2.80. The van der Waals surface area contributed by atoms with E-state index >= 15 is 0 Å². The number of ether oxygens (including phenoxy) is 1. The number of thiophene rings is 1. The molecule has 1 aliphatic heterocycles. The summed E-state index contributed by atoms with van der Waals surface area (Å²) in [5, 5.41) is 6.12. The maximum absolute atomic E-state index is 5.32. The van der Waals surface area contributed by atoms with Crippen molar-refractivity contribution in [1.82, 2.24) is 10.1 Å². The van der Waals surface area contributed by atoms with E-state index in [0.29, 0.717) is 5.92 Å². The molecule has 17 heavy (non-hydrogen) atoms. The second-order valence-corrected chi connectivity index (χ2v) is 5.22. The molecule has 3 heterocycles. The van der Waals surface area contributed by atoms with Gasteiger partial charge in [-0.3, -0.25) is 0 Å². The molecule has 2 aromatic rings. The van der Waals surface area contributed by atoms with E-state index in [2.05, 4.69) is 27.7 Å². The minimum Gasteiger partial charge on any atom is -0.381 e. The molecule has 1 fully saturated rings. The third-order valence-electron chi connectivity index (χ3n) is 2.94.